The summed E-state index contributed by atoms with van der Waals surface area (Å²) in [5, 5.41) is 22.1. The molecular formula is C22H16ClNO4S. The second kappa shape index (κ2) is 9.32. The van der Waals surface area contributed by atoms with Gasteiger partial charge in [-0.3, -0.25) is 4.79 Å². The van der Waals surface area contributed by atoms with Crippen LogP contribution in [0, 0.1) is 0 Å². The van der Waals surface area contributed by atoms with Gasteiger partial charge in [0.2, 0.25) is 0 Å². The van der Waals surface area contributed by atoms with E-state index in [9.17, 15) is 19.8 Å². The zero-order valence-electron chi connectivity index (χ0n) is 15.0. The Kier molecular flexibility index (Phi) is 6.59. The summed E-state index contributed by atoms with van der Waals surface area (Å²) in [6.07, 6.45) is 1.35. The van der Waals surface area contributed by atoms with Crippen LogP contribution in [0.15, 0.2) is 88.3 Å². The number of carbonyl (C=O) groups excluding carboxylic acids is 1. The second-order valence-electron chi connectivity index (χ2n) is 5.94. The minimum absolute atomic E-state index is 0.00821. The largest absolute Gasteiger partial charge is 0.507 e. The zero-order valence-corrected chi connectivity index (χ0v) is 16.6. The lowest BCUT2D eigenvalue weighted by atomic mass is 10.1. The van der Waals surface area contributed by atoms with Crippen LogP contribution in [-0.4, -0.2) is 22.1 Å². The minimum Gasteiger partial charge on any atom is -0.507 e. The molecule has 1 amide bonds. The predicted octanol–water partition coefficient (Wildman–Crippen LogP) is 5.05. The number of amides is 1. The Morgan fingerprint density at radius 3 is 2.24 bits per heavy atom. The van der Waals surface area contributed by atoms with Gasteiger partial charge in [-0.15, -0.1) is 0 Å². The van der Waals surface area contributed by atoms with Gasteiger partial charge in [-0.1, -0.05) is 59.8 Å². The number of hydrogen-bond donors (Lipinski definition) is 3. The number of carboxylic acid groups (broad SMARTS) is 1. The Hall–Kier alpha value is -3.22. The number of halogens is 1. The molecule has 146 valence electrons. The van der Waals surface area contributed by atoms with Crippen molar-refractivity contribution in [3.63, 3.8) is 0 Å². The van der Waals surface area contributed by atoms with Gasteiger partial charge in [0.1, 0.15) is 11.4 Å². The fraction of sp³-hybridized carbons (Fsp3) is 0. The molecule has 0 spiro atoms. The quantitative estimate of drug-likeness (QED) is 0.481. The molecule has 0 bridgehead atoms. The van der Waals surface area contributed by atoms with Gasteiger partial charge in [-0.25, -0.2) is 4.79 Å². The highest BCUT2D eigenvalue weighted by Gasteiger charge is 2.16. The summed E-state index contributed by atoms with van der Waals surface area (Å²) in [4.78, 5) is 25.7. The molecule has 5 nitrogen and oxygen atoms in total. The zero-order chi connectivity index (χ0) is 20.8. The van der Waals surface area contributed by atoms with Crippen LogP contribution in [0.5, 0.6) is 5.75 Å². The number of nitrogens with one attached hydrogen (secondary N) is 1. The molecule has 3 rings (SSSR count). The molecule has 0 radical (unpaired) electrons. The molecule has 3 aromatic carbocycles. The van der Waals surface area contributed by atoms with Crippen LogP contribution < -0.4 is 5.32 Å². The molecule has 7 heteroatoms. The maximum Gasteiger partial charge on any atom is 0.352 e. The average molecular weight is 426 g/mol. The summed E-state index contributed by atoms with van der Waals surface area (Å²) < 4.78 is 0. The number of phenolic OH excluding ortho intramolecular Hbond substituents is 1. The molecule has 3 aromatic rings. The van der Waals surface area contributed by atoms with Gasteiger partial charge in [0.25, 0.3) is 5.91 Å². The standard InChI is InChI=1S/C22H16ClNO4S/c23-17-6-2-4-8-20(17)29-15-11-9-14(10-12-15)13-18(22(27)28)24-21(26)16-5-1-3-7-19(16)25/h1-13,25H,(H,24,26)(H,27,28)/b18-13+. The van der Waals surface area contributed by atoms with Crippen molar-refractivity contribution in [3.8, 4) is 5.75 Å². The number of carboxylic acids is 1. The van der Waals surface area contributed by atoms with Crippen molar-refractivity contribution in [2.45, 2.75) is 9.79 Å². The molecule has 0 unspecified atom stereocenters. The number of carbonyl (C=O) groups is 2. The third kappa shape index (κ3) is 5.40. The van der Waals surface area contributed by atoms with Crippen molar-refractivity contribution >= 4 is 41.3 Å². The predicted molar refractivity (Wildman–Crippen MR) is 113 cm³/mol. The summed E-state index contributed by atoms with van der Waals surface area (Å²) in [7, 11) is 0. The van der Waals surface area contributed by atoms with E-state index in [0.29, 0.717) is 10.6 Å². The maximum absolute atomic E-state index is 12.3. The molecule has 0 saturated carbocycles. The number of aromatic hydroxyl groups is 1. The topological polar surface area (TPSA) is 86.6 Å². The van der Waals surface area contributed by atoms with Crippen molar-refractivity contribution in [3.05, 3.63) is 94.6 Å². The summed E-state index contributed by atoms with van der Waals surface area (Å²) >= 11 is 7.66. The van der Waals surface area contributed by atoms with Crippen LogP contribution >= 0.6 is 23.4 Å². The molecule has 0 aliphatic heterocycles. The van der Waals surface area contributed by atoms with Gasteiger partial charge in [0, 0.05) is 9.79 Å². The van der Waals surface area contributed by atoms with Crippen LogP contribution in [0.25, 0.3) is 6.08 Å². The van der Waals surface area contributed by atoms with Gasteiger partial charge in [-0.2, -0.15) is 0 Å². The van der Waals surface area contributed by atoms with E-state index in [1.165, 1.54) is 30.0 Å². The number of aliphatic carboxylic acids is 1. The highest BCUT2D eigenvalue weighted by molar-refractivity contribution is 7.99. The van der Waals surface area contributed by atoms with E-state index in [0.717, 1.165) is 9.79 Å². The first kappa shape index (κ1) is 20.5. The Morgan fingerprint density at radius 2 is 1.59 bits per heavy atom. The summed E-state index contributed by atoms with van der Waals surface area (Å²) in [6, 6.07) is 20.6. The monoisotopic (exact) mass is 425 g/mol. The number of para-hydroxylation sites is 1. The van der Waals surface area contributed by atoms with E-state index in [2.05, 4.69) is 5.32 Å². The van der Waals surface area contributed by atoms with Crippen LogP contribution in [0.1, 0.15) is 15.9 Å². The Morgan fingerprint density at radius 1 is 0.931 bits per heavy atom. The average Bonchev–Trinajstić information content (AvgIpc) is 2.70. The molecule has 0 aliphatic carbocycles. The maximum atomic E-state index is 12.3. The first-order valence-corrected chi connectivity index (χ1v) is 9.70. The van der Waals surface area contributed by atoms with E-state index in [1.54, 1.807) is 24.3 Å². The Balaban J connectivity index is 1.77. The van der Waals surface area contributed by atoms with E-state index in [-0.39, 0.29) is 17.0 Å². The fourth-order valence-corrected chi connectivity index (χ4v) is 3.55. The minimum atomic E-state index is -1.29. The third-order valence-electron chi connectivity index (χ3n) is 3.88. The molecule has 0 saturated heterocycles. The van der Waals surface area contributed by atoms with E-state index < -0.39 is 11.9 Å². The van der Waals surface area contributed by atoms with Crippen molar-refractivity contribution in [2.75, 3.05) is 0 Å². The Labute approximate surface area is 176 Å². The summed E-state index contributed by atoms with van der Waals surface area (Å²) in [5.41, 5.74) is 0.291. The molecule has 29 heavy (non-hydrogen) atoms. The molecule has 0 heterocycles. The number of benzene rings is 3. The van der Waals surface area contributed by atoms with Crippen molar-refractivity contribution < 1.29 is 19.8 Å². The van der Waals surface area contributed by atoms with Crippen molar-refractivity contribution in [1.29, 1.82) is 0 Å². The lowest BCUT2D eigenvalue weighted by molar-refractivity contribution is -0.132. The Bertz CT molecular complexity index is 1080. The lowest BCUT2D eigenvalue weighted by Gasteiger charge is -2.08. The molecule has 0 fully saturated rings. The van der Waals surface area contributed by atoms with Crippen LogP contribution in [-0.2, 0) is 4.79 Å². The first-order valence-electron chi connectivity index (χ1n) is 8.51. The third-order valence-corrected chi connectivity index (χ3v) is 5.41. The molecule has 3 N–H and O–H groups in total. The van der Waals surface area contributed by atoms with Gasteiger partial charge in [0.05, 0.1) is 10.6 Å². The molecule has 0 atom stereocenters. The summed E-state index contributed by atoms with van der Waals surface area (Å²) in [5.74, 6) is -2.22. The van der Waals surface area contributed by atoms with Crippen molar-refractivity contribution in [1.82, 2.24) is 5.32 Å². The SMILES string of the molecule is O=C(O)/C(=C\c1ccc(Sc2ccccc2Cl)cc1)NC(=O)c1ccccc1O. The van der Waals surface area contributed by atoms with Crippen molar-refractivity contribution in [2.24, 2.45) is 0 Å². The van der Waals surface area contributed by atoms with E-state index in [1.807, 2.05) is 36.4 Å². The van der Waals surface area contributed by atoms with Gasteiger partial charge in [-0.05, 0) is 48.0 Å². The number of rotatable bonds is 6. The lowest BCUT2D eigenvalue weighted by Crippen LogP contribution is -2.27. The number of hydrogen-bond acceptors (Lipinski definition) is 4. The molecule has 0 aromatic heterocycles. The normalized spacial score (nSPS) is 11.1. The fourth-order valence-electron chi connectivity index (χ4n) is 2.46. The second-order valence-corrected chi connectivity index (χ2v) is 7.46. The van der Waals surface area contributed by atoms with Gasteiger partial charge in [0.15, 0.2) is 0 Å². The number of phenols is 1. The van der Waals surface area contributed by atoms with E-state index in [4.69, 9.17) is 11.6 Å². The highest BCUT2D eigenvalue weighted by Crippen LogP contribution is 2.33. The highest BCUT2D eigenvalue weighted by atomic mass is 35.5. The smallest absolute Gasteiger partial charge is 0.352 e. The van der Waals surface area contributed by atoms with E-state index >= 15 is 0 Å². The summed E-state index contributed by atoms with van der Waals surface area (Å²) in [6.45, 7) is 0. The first-order chi connectivity index (χ1) is 13.9. The van der Waals surface area contributed by atoms with Crippen LogP contribution in [0.4, 0.5) is 0 Å². The van der Waals surface area contributed by atoms with Crippen LogP contribution in [0.3, 0.4) is 0 Å². The molecular weight excluding hydrogens is 410 g/mol. The van der Waals surface area contributed by atoms with Gasteiger partial charge >= 0.3 is 5.97 Å². The van der Waals surface area contributed by atoms with Gasteiger partial charge < -0.3 is 15.5 Å². The van der Waals surface area contributed by atoms with Crippen LogP contribution in [0.2, 0.25) is 5.02 Å². The molecule has 0 aliphatic rings.